The quantitative estimate of drug-likeness (QED) is 0.643. The summed E-state index contributed by atoms with van der Waals surface area (Å²) in [6.45, 7) is 15.6. The predicted octanol–water partition coefficient (Wildman–Crippen LogP) is 4.51. The monoisotopic (exact) mass is 197 g/mol. The first kappa shape index (κ1) is 13.7. The van der Waals surface area contributed by atoms with Gasteiger partial charge in [0.25, 0.3) is 0 Å². The Bertz CT molecular complexity index is 190. The Kier molecular flexibility index (Phi) is 4.35. The lowest BCUT2D eigenvalue weighted by atomic mass is 9.70. The standard InChI is InChI=1S/C13H27N/c1-10(14)8-11(13(5,6)7)9-12(2,3)4/h11,14H,8-9H2,1-7H3. The highest BCUT2D eigenvalue weighted by Crippen LogP contribution is 2.38. The SMILES string of the molecule is CC(=N)CC(CC(C)(C)C)C(C)(C)C. The van der Waals surface area contributed by atoms with Crippen LogP contribution in [0.3, 0.4) is 0 Å². The number of hydrogen-bond acceptors (Lipinski definition) is 1. The molecule has 0 aliphatic rings. The maximum atomic E-state index is 7.61. The molecule has 0 spiro atoms. The van der Waals surface area contributed by atoms with Crippen molar-refractivity contribution < 1.29 is 0 Å². The summed E-state index contributed by atoms with van der Waals surface area (Å²) in [6, 6.07) is 0. The summed E-state index contributed by atoms with van der Waals surface area (Å²) >= 11 is 0. The minimum absolute atomic E-state index is 0.315. The highest BCUT2D eigenvalue weighted by Gasteiger charge is 2.28. The van der Waals surface area contributed by atoms with Gasteiger partial charge in [-0.2, -0.15) is 0 Å². The zero-order chi connectivity index (χ0) is 11.6. The van der Waals surface area contributed by atoms with Gasteiger partial charge >= 0.3 is 0 Å². The summed E-state index contributed by atoms with van der Waals surface area (Å²) in [7, 11) is 0. The molecule has 0 heterocycles. The molecular weight excluding hydrogens is 170 g/mol. The molecule has 0 bridgehead atoms. The Morgan fingerprint density at radius 1 is 1.07 bits per heavy atom. The number of hydrogen-bond donors (Lipinski definition) is 1. The maximum Gasteiger partial charge on any atom is 0.00611 e. The van der Waals surface area contributed by atoms with Crippen LogP contribution in [0.15, 0.2) is 0 Å². The van der Waals surface area contributed by atoms with Crippen LogP contribution < -0.4 is 0 Å². The minimum Gasteiger partial charge on any atom is -0.310 e. The molecule has 1 atom stereocenters. The normalized spacial score (nSPS) is 15.4. The maximum absolute atomic E-state index is 7.61. The second kappa shape index (κ2) is 4.46. The van der Waals surface area contributed by atoms with E-state index in [1.807, 2.05) is 6.92 Å². The van der Waals surface area contributed by atoms with Crippen LogP contribution in [0.5, 0.6) is 0 Å². The lowest BCUT2D eigenvalue weighted by molar-refractivity contribution is 0.171. The molecule has 0 saturated carbocycles. The van der Waals surface area contributed by atoms with E-state index >= 15 is 0 Å². The summed E-state index contributed by atoms with van der Waals surface area (Å²) in [4.78, 5) is 0. The average molecular weight is 197 g/mol. The predicted molar refractivity (Wildman–Crippen MR) is 65.0 cm³/mol. The Labute approximate surface area is 89.8 Å². The molecule has 1 N–H and O–H groups in total. The molecular formula is C13H27N. The fraction of sp³-hybridized carbons (Fsp3) is 0.923. The third-order valence-electron chi connectivity index (χ3n) is 2.64. The smallest absolute Gasteiger partial charge is 0.00611 e. The van der Waals surface area contributed by atoms with Crippen LogP contribution in [0.25, 0.3) is 0 Å². The fourth-order valence-electron chi connectivity index (χ4n) is 1.79. The van der Waals surface area contributed by atoms with E-state index in [0.29, 0.717) is 16.7 Å². The summed E-state index contributed by atoms with van der Waals surface area (Å²) in [5, 5.41) is 7.61. The molecule has 0 radical (unpaired) electrons. The van der Waals surface area contributed by atoms with E-state index in [4.69, 9.17) is 5.41 Å². The minimum atomic E-state index is 0.315. The van der Waals surface area contributed by atoms with E-state index in [1.54, 1.807) is 0 Å². The van der Waals surface area contributed by atoms with E-state index in [2.05, 4.69) is 41.5 Å². The van der Waals surface area contributed by atoms with Gasteiger partial charge in [0, 0.05) is 5.71 Å². The van der Waals surface area contributed by atoms with Crippen molar-refractivity contribution in [3.63, 3.8) is 0 Å². The summed E-state index contributed by atoms with van der Waals surface area (Å²) in [5.74, 6) is 0.625. The first-order chi connectivity index (χ1) is 6.02. The lowest BCUT2D eigenvalue weighted by Crippen LogP contribution is -2.27. The Hall–Kier alpha value is -0.330. The third-order valence-corrected chi connectivity index (χ3v) is 2.64. The second-order valence-electron chi connectivity index (χ2n) is 6.81. The molecule has 1 nitrogen and oxygen atoms in total. The van der Waals surface area contributed by atoms with Gasteiger partial charge in [0.1, 0.15) is 0 Å². The van der Waals surface area contributed by atoms with Gasteiger partial charge in [-0.1, -0.05) is 41.5 Å². The lowest BCUT2D eigenvalue weighted by Gasteiger charge is -2.35. The Balaban J connectivity index is 4.50. The third kappa shape index (κ3) is 6.17. The highest BCUT2D eigenvalue weighted by atomic mass is 14.4. The van der Waals surface area contributed by atoms with Crippen molar-refractivity contribution in [1.82, 2.24) is 0 Å². The van der Waals surface area contributed by atoms with Crippen LogP contribution in [0.2, 0.25) is 0 Å². The van der Waals surface area contributed by atoms with Gasteiger partial charge in [0.15, 0.2) is 0 Å². The van der Waals surface area contributed by atoms with Gasteiger partial charge in [-0.25, -0.2) is 0 Å². The van der Waals surface area contributed by atoms with Crippen molar-refractivity contribution in [1.29, 1.82) is 5.41 Å². The molecule has 0 aliphatic heterocycles. The van der Waals surface area contributed by atoms with Crippen LogP contribution in [-0.4, -0.2) is 5.71 Å². The van der Waals surface area contributed by atoms with Crippen LogP contribution in [0.4, 0.5) is 0 Å². The van der Waals surface area contributed by atoms with E-state index in [9.17, 15) is 0 Å². The molecule has 0 aromatic rings. The van der Waals surface area contributed by atoms with Crippen LogP contribution in [-0.2, 0) is 0 Å². The van der Waals surface area contributed by atoms with Crippen molar-refractivity contribution >= 4 is 5.71 Å². The molecule has 0 saturated heterocycles. The van der Waals surface area contributed by atoms with Crippen molar-refractivity contribution in [3.05, 3.63) is 0 Å². The van der Waals surface area contributed by atoms with E-state index in [1.165, 1.54) is 6.42 Å². The van der Waals surface area contributed by atoms with Crippen molar-refractivity contribution in [3.8, 4) is 0 Å². The molecule has 0 amide bonds. The van der Waals surface area contributed by atoms with Crippen LogP contribution in [0.1, 0.15) is 61.3 Å². The average Bonchev–Trinajstić information content (AvgIpc) is 1.78. The molecule has 84 valence electrons. The largest absolute Gasteiger partial charge is 0.310 e. The molecule has 0 fully saturated rings. The molecule has 0 aromatic heterocycles. The van der Waals surface area contributed by atoms with Gasteiger partial charge in [-0.3, -0.25) is 0 Å². The molecule has 14 heavy (non-hydrogen) atoms. The van der Waals surface area contributed by atoms with Crippen molar-refractivity contribution in [2.75, 3.05) is 0 Å². The number of rotatable bonds is 3. The first-order valence-corrected chi connectivity index (χ1v) is 5.56. The van der Waals surface area contributed by atoms with Crippen molar-refractivity contribution in [2.45, 2.75) is 61.3 Å². The zero-order valence-corrected chi connectivity index (χ0v) is 11.0. The van der Waals surface area contributed by atoms with E-state index < -0.39 is 0 Å². The summed E-state index contributed by atoms with van der Waals surface area (Å²) in [5.41, 5.74) is 1.50. The topological polar surface area (TPSA) is 23.9 Å². The molecule has 0 aromatic carbocycles. The number of nitrogens with one attached hydrogen (secondary N) is 1. The molecule has 0 aliphatic carbocycles. The summed E-state index contributed by atoms with van der Waals surface area (Å²) < 4.78 is 0. The Morgan fingerprint density at radius 2 is 1.50 bits per heavy atom. The van der Waals surface area contributed by atoms with Gasteiger partial charge in [0.2, 0.25) is 0 Å². The fourth-order valence-corrected chi connectivity index (χ4v) is 1.79. The highest BCUT2D eigenvalue weighted by molar-refractivity contribution is 5.78. The van der Waals surface area contributed by atoms with Gasteiger partial charge in [0.05, 0.1) is 0 Å². The van der Waals surface area contributed by atoms with Gasteiger partial charge in [-0.05, 0) is 36.5 Å². The van der Waals surface area contributed by atoms with Gasteiger partial charge in [-0.15, -0.1) is 0 Å². The first-order valence-electron chi connectivity index (χ1n) is 5.56. The molecule has 0 rings (SSSR count). The second-order valence-corrected chi connectivity index (χ2v) is 6.81. The van der Waals surface area contributed by atoms with E-state index in [0.717, 1.165) is 12.1 Å². The van der Waals surface area contributed by atoms with Gasteiger partial charge < -0.3 is 5.41 Å². The van der Waals surface area contributed by atoms with Crippen LogP contribution in [0, 0.1) is 22.2 Å². The molecule has 1 unspecified atom stereocenters. The molecule has 1 heteroatoms. The van der Waals surface area contributed by atoms with Crippen molar-refractivity contribution in [2.24, 2.45) is 16.7 Å². The zero-order valence-electron chi connectivity index (χ0n) is 11.0. The van der Waals surface area contributed by atoms with E-state index in [-0.39, 0.29) is 0 Å². The summed E-state index contributed by atoms with van der Waals surface area (Å²) in [6.07, 6.45) is 2.15. The van der Waals surface area contributed by atoms with Crippen LogP contribution >= 0.6 is 0 Å². The Morgan fingerprint density at radius 3 is 1.71 bits per heavy atom.